The first kappa shape index (κ1) is 15.5. The lowest BCUT2D eigenvalue weighted by atomic mass is 10.2. The summed E-state index contributed by atoms with van der Waals surface area (Å²) >= 11 is 0. The predicted molar refractivity (Wildman–Crippen MR) is 75.4 cm³/mol. The molecule has 4 heteroatoms. The zero-order valence-electron chi connectivity index (χ0n) is 11.8. The van der Waals surface area contributed by atoms with Crippen molar-refractivity contribution in [2.75, 3.05) is 13.2 Å². The fourth-order valence-corrected chi connectivity index (χ4v) is 1.45. The molecule has 0 saturated heterocycles. The van der Waals surface area contributed by atoms with Crippen LogP contribution in [-0.2, 0) is 0 Å². The van der Waals surface area contributed by atoms with Crippen molar-refractivity contribution in [1.82, 2.24) is 5.32 Å². The van der Waals surface area contributed by atoms with Gasteiger partial charge < -0.3 is 15.2 Å². The fourth-order valence-electron chi connectivity index (χ4n) is 1.45. The molecule has 0 aliphatic rings. The lowest BCUT2D eigenvalue weighted by Crippen LogP contribution is -2.31. The minimum absolute atomic E-state index is 0.192. The number of aliphatic hydroxyl groups excluding tert-OH is 1. The molecule has 0 heterocycles. The number of benzene rings is 1. The Kier molecular flexibility index (Phi) is 6.36. The molecule has 0 saturated carbocycles. The molecule has 106 valence electrons. The molecule has 2 N–H and O–H groups in total. The first-order chi connectivity index (χ1) is 9.02. The SMILES string of the molecule is CCC(O)CNC(=O)c1cccc(OCC(C)C)c1. The van der Waals surface area contributed by atoms with E-state index in [1.807, 2.05) is 13.0 Å². The van der Waals surface area contributed by atoms with Crippen LogP contribution in [0.15, 0.2) is 24.3 Å². The second kappa shape index (κ2) is 7.79. The highest BCUT2D eigenvalue weighted by Crippen LogP contribution is 2.14. The van der Waals surface area contributed by atoms with Crippen LogP contribution in [0.4, 0.5) is 0 Å². The van der Waals surface area contributed by atoms with E-state index in [1.54, 1.807) is 18.2 Å². The number of amides is 1. The molecule has 1 aromatic rings. The Morgan fingerprint density at radius 2 is 2.16 bits per heavy atom. The van der Waals surface area contributed by atoms with Gasteiger partial charge in [-0.05, 0) is 30.5 Å². The number of nitrogens with one attached hydrogen (secondary N) is 1. The van der Waals surface area contributed by atoms with Crippen LogP contribution in [0.25, 0.3) is 0 Å². The van der Waals surface area contributed by atoms with Crippen molar-refractivity contribution in [2.24, 2.45) is 5.92 Å². The molecule has 1 atom stereocenters. The van der Waals surface area contributed by atoms with E-state index in [4.69, 9.17) is 4.74 Å². The minimum atomic E-state index is -0.496. The Bertz CT molecular complexity index is 404. The summed E-state index contributed by atoms with van der Waals surface area (Å²) in [5.74, 6) is 0.942. The average molecular weight is 265 g/mol. The number of aliphatic hydroxyl groups is 1. The van der Waals surface area contributed by atoms with Crippen LogP contribution in [0, 0.1) is 5.92 Å². The average Bonchev–Trinajstić information content (AvgIpc) is 2.42. The number of hydrogen-bond donors (Lipinski definition) is 2. The fraction of sp³-hybridized carbons (Fsp3) is 0.533. The van der Waals surface area contributed by atoms with Gasteiger partial charge in [-0.2, -0.15) is 0 Å². The highest BCUT2D eigenvalue weighted by atomic mass is 16.5. The van der Waals surface area contributed by atoms with Crippen LogP contribution in [-0.4, -0.2) is 30.3 Å². The summed E-state index contributed by atoms with van der Waals surface area (Å²) in [6, 6.07) is 7.08. The lowest BCUT2D eigenvalue weighted by molar-refractivity contribution is 0.0913. The number of carbonyl (C=O) groups excluding carboxylic acids is 1. The number of ether oxygens (including phenoxy) is 1. The molecule has 0 bridgehead atoms. The second-order valence-electron chi connectivity index (χ2n) is 5.00. The molecular formula is C15H23NO3. The Hall–Kier alpha value is -1.55. The molecule has 4 nitrogen and oxygen atoms in total. The molecule has 19 heavy (non-hydrogen) atoms. The van der Waals surface area contributed by atoms with Gasteiger partial charge in [0.15, 0.2) is 0 Å². The maximum absolute atomic E-state index is 11.9. The third-order valence-electron chi connectivity index (χ3n) is 2.65. The summed E-state index contributed by atoms with van der Waals surface area (Å²) in [6.45, 7) is 6.91. The van der Waals surface area contributed by atoms with E-state index in [9.17, 15) is 9.90 Å². The van der Waals surface area contributed by atoms with Crippen LogP contribution in [0.3, 0.4) is 0 Å². The van der Waals surface area contributed by atoms with Crippen molar-refractivity contribution >= 4 is 5.91 Å². The number of rotatable bonds is 7. The zero-order valence-corrected chi connectivity index (χ0v) is 11.8. The van der Waals surface area contributed by atoms with Crippen LogP contribution in [0.2, 0.25) is 0 Å². The summed E-state index contributed by atoms with van der Waals surface area (Å²) in [7, 11) is 0. The second-order valence-corrected chi connectivity index (χ2v) is 5.00. The third kappa shape index (κ3) is 5.75. The normalized spacial score (nSPS) is 12.3. The molecule has 0 aliphatic carbocycles. The van der Waals surface area contributed by atoms with Crippen LogP contribution < -0.4 is 10.1 Å². The van der Waals surface area contributed by atoms with Gasteiger partial charge in [0, 0.05) is 12.1 Å². The highest BCUT2D eigenvalue weighted by Gasteiger charge is 2.08. The Labute approximate surface area is 114 Å². The van der Waals surface area contributed by atoms with E-state index in [0.29, 0.717) is 30.3 Å². The van der Waals surface area contributed by atoms with E-state index >= 15 is 0 Å². The molecule has 1 unspecified atom stereocenters. The molecule has 0 aromatic heterocycles. The minimum Gasteiger partial charge on any atom is -0.493 e. The summed E-state index contributed by atoms with van der Waals surface area (Å²) in [5.41, 5.74) is 0.546. The van der Waals surface area contributed by atoms with E-state index in [0.717, 1.165) is 0 Å². The molecule has 0 fully saturated rings. The van der Waals surface area contributed by atoms with Crippen LogP contribution in [0.5, 0.6) is 5.75 Å². The molecule has 0 aliphatic heterocycles. The van der Waals surface area contributed by atoms with Crippen molar-refractivity contribution in [3.63, 3.8) is 0 Å². The van der Waals surface area contributed by atoms with Gasteiger partial charge >= 0.3 is 0 Å². The highest BCUT2D eigenvalue weighted by molar-refractivity contribution is 5.94. The van der Waals surface area contributed by atoms with Gasteiger partial charge in [0.05, 0.1) is 12.7 Å². The van der Waals surface area contributed by atoms with Crippen molar-refractivity contribution < 1.29 is 14.6 Å². The van der Waals surface area contributed by atoms with Crippen molar-refractivity contribution in [3.05, 3.63) is 29.8 Å². The first-order valence-corrected chi connectivity index (χ1v) is 6.72. The molecular weight excluding hydrogens is 242 g/mol. The van der Waals surface area contributed by atoms with Gasteiger partial charge in [-0.15, -0.1) is 0 Å². The molecule has 1 rings (SSSR count). The molecule has 0 spiro atoms. The van der Waals surface area contributed by atoms with Crippen molar-refractivity contribution in [3.8, 4) is 5.75 Å². The zero-order chi connectivity index (χ0) is 14.3. The predicted octanol–water partition coefficient (Wildman–Crippen LogP) is 2.22. The Morgan fingerprint density at radius 3 is 2.79 bits per heavy atom. The van der Waals surface area contributed by atoms with Gasteiger partial charge in [-0.25, -0.2) is 0 Å². The summed E-state index contributed by atoms with van der Waals surface area (Å²) in [4.78, 5) is 11.9. The number of carbonyl (C=O) groups is 1. The van der Waals surface area contributed by atoms with E-state index in [-0.39, 0.29) is 12.5 Å². The monoisotopic (exact) mass is 265 g/mol. The van der Waals surface area contributed by atoms with Gasteiger partial charge in [0.25, 0.3) is 5.91 Å². The van der Waals surface area contributed by atoms with E-state index in [2.05, 4.69) is 19.2 Å². The maximum atomic E-state index is 11.9. The molecule has 0 radical (unpaired) electrons. The van der Waals surface area contributed by atoms with Crippen molar-refractivity contribution in [1.29, 1.82) is 0 Å². The lowest BCUT2D eigenvalue weighted by Gasteiger charge is -2.11. The molecule has 1 aromatic carbocycles. The largest absolute Gasteiger partial charge is 0.493 e. The van der Waals surface area contributed by atoms with E-state index < -0.39 is 6.10 Å². The van der Waals surface area contributed by atoms with Crippen LogP contribution in [0.1, 0.15) is 37.6 Å². The Morgan fingerprint density at radius 1 is 1.42 bits per heavy atom. The van der Waals surface area contributed by atoms with Gasteiger partial charge in [-0.1, -0.05) is 26.8 Å². The van der Waals surface area contributed by atoms with Crippen LogP contribution >= 0.6 is 0 Å². The van der Waals surface area contributed by atoms with E-state index in [1.165, 1.54) is 0 Å². The van der Waals surface area contributed by atoms with Gasteiger partial charge in [0.1, 0.15) is 5.75 Å². The molecule has 1 amide bonds. The topological polar surface area (TPSA) is 58.6 Å². The quantitative estimate of drug-likeness (QED) is 0.794. The summed E-state index contributed by atoms with van der Waals surface area (Å²) in [6.07, 6.45) is 0.127. The Balaban J connectivity index is 2.57. The number of hydrogen-bond acceptors (Lipinski definition) is 3. The maximum Gasteiger partial charge on any atom is 0.251 e. The smallest absolute Gasteiger partial charge is 0.251 e. The van der Waals surface area contributed by atoms with Gasteiger partial charge in [0.2, 0.25) is 0 Å². The van der Waals surface area contributed by atoms with Crippen molar-refractivity contribution in [2.45, 2.75) is 33.3 Å². The third-order valence-corrected chi connectivity index (χ3v) is 2.65. The summed E-state index contributed by atoms with van der Waals surface area (Å²) < 4.78 is 5.58. The first-order valence-electron chi connectivity index (χ1n) is 6.72. The van der Waals surface area contributed by atoms with Gasteiger partial charge in [-0.3, -0.25) is 4.79 Å². The summed E-state index contributed by atoms with van der Waals surface area (Å²) in [5, 5.41) is 12.1. The standard InChI is InChI=1S/C15H23NO3/c1-4-13(17)9-16-15(18)12-6-5-7-14(8-12)19-10-11(2)3/h5-8,11,13,17H,4,9-10H2,1-3H3,(H,16,18).